The average Bonchev–Trinajstić information content (AvgIpc) is 3.43. The third-order valence-corrected chi connectivity index (χ3v) is 5.99. The number of benzene rings is 2. The van der Waals surface area contributed by atoms with Gasteiger partial charge in [-0.05, 0) is 57.5 Å². The molecule has 0 saturated heterocycles. The molecule has 4 rings (SSSR count). The van der Waals surface area contributed by atoms with Crippen LogP contribution in [0.25, 0.3) is 11.5 Å². The third-order valence-electron chi connectivity index (χ3n) is 5.66. The van der Waals surface area contributed by atoms with E-state index in [9.17, 15) is 4.79 Å². The summed E-state index contributed by atoms with van der Waals surface area (Å²) in [7, 11) is 0. The lowest BCUT2D eigenvalue weighted by Gasteiger charge is -2.25. The second-order valence-corrected chi connectivity index (χ2v) is 8.92. The summed E-state index contributed by atoms with van der Waals surface area (Å²) in [6.45, 7) is 8.24. The van der Waals surface area contributed by atoms with Crippen molar-refractivity contribution in [2.45, 2.75) is 53.3 Å². The highest BCUT2D eigenvalue weighted by Crippen LogP contribution is 2.26. The second-order valence-electron chi connectivity index (χ2n) is 8.51. The summed E-state index contributed by atoms with van der Waals surface area (Å²) in [5, 5.41) is 12.7. The zero-order valence-electron chi connectivity index (χ0n) is 20.1. The van der Waals surface area contributed by atoms with Gasteiger partial charge in [-0.1, -0.05) is 41.0 Å². The van der Waals surface area contributed by atoms with Gasteiger partial charge in [-0.25, -0.2) is 0 Å². The fraction of sp³-hybridized carbons (Fsp3) is 0.308. The fourth-order valence-corrected chi connectivity index (χ4v) is 3.83. The van der Waals surface area contributed by atoms with E-state index in [1.807, 2.05) is 70.2 Å². The van der Waals surface area contributed by atoms with Crippen LogP contribution in [0, 0.1) is 13.8 Å². The second kappa shape index (κ2) is 10.7. The summed E-state index contributed by atoms with van der Waals surface area (Å²) in [6.07, 6.45) is 0.244. The van der Waals surface area contributed by atoms with E-state index in [4.69, 9.17) is 25.3 Å². The molecule has 4 aromatic rings. The molecule has 0 aliphatic rings. The number of amides is 1. The van der Waals surface area contributed by atoms with Crippen LogP contribution >= 0.6 is 11.6 Å². The van der Waals surface area contributed by atoms with Crippen molar-refractivity contribution < 1.29 is 18.5 Å². The van der Waals surface area contributed by atoms with Gasteiger partial charge in [-0.3, -0.25) is 4.79 Å². The monoisotopic (exact) mass is 494 g/mol. The zero-order chi connectivity index (χ0) is 24.9. The molecule has 1 amide bonds. The number of ether oxygens (including phenoxy) is 1. The van der Waals surface area contributed by atoms with Gasteiger partial charge in [-0.2, -0.15) is 0 Å². The minimum Gasteiger partial charge on any atom is -0.489 e. The van der Waals surface area contributed by atoms with Crippen molar-refractivity contribution in [3.63, 3.8) is 0 Å². The van der Waals surface area contributed by atoms with Crippen LogP contribution in [0.5, 0.6) is 5.75 Å². The largest absolute Gasteiger partial charge is 0.489 e. The average molecular weight is 495 g/mol. The molecule has 2 heterocycles. The maximum Gasteiger partial charge on any atom is 0.249 e. The molecule has 182 valence electrons. The lowest BCUT2D eigenvalue weighted by Crippen LogP contribution is -2.37. The zero-order valence-corrected chi connectivity index (χ0v) is 20.9. The van der Waals surface area contributed by atoms with Gasteiger partial charge in [0.15, 0.2) is 0 Å². The molecule has 0 spiro atoms. The number of halogens is 1. The van der Waals surface area contributed by atoms with E-state index in [1.54, 1.807) is 11.0 Å². The predicted octanol–water partition coefficient (Wildman–Crippen LogP) is 5.55. The lowest BCUT2D eigenvalue weighted by molar-refractivity contribution is -0.133. The molecule has 0 atom stereocenters. The van der Waals surface area contributed by atoms with Gasteiger partial charge in [-0.15, -0.1) is 10.2 Å². The molecular formula is C26H27ClN4O4. The Labute approximate surface area is 208 Å². The number of carbonyl (C=O) groups excluding carboxylic acids is 1. The van der Waals surface area contributed by atoms with Crippen molar-refractivity contribution in [1.29, 1.82) is 0 Å². The Hall–Kier alpha value is -3.65. The molecule has 0 fully saturated rings. The van der Waals surface area contributed by atoms with E-state index in [0.717, 1.165) is 22.6 Å². The number of hydrogen-bond acceptors (Lipinski definition) is 7. The number of hydrogen-bond donors (Lipinski definition) is 0. The molecule has 0 unspecified atom stereocenters. The van der Waals surface area contributed by atoms with Gasteiger partial charge >= 0.3 is 0 Å². The van der Waals surface area contributed by atoms with Crippen LogP contribution in [0.3, 0.4) is 0 Å². The maximum atomic E-state index is 13.1. The van der Waals surface area contributed by atoms with E-state index in [1.165, 1.54) is 0 Å². The molecule has 2 aromatic heterocycles. The van der Waals surface area contributed by atoms with Crippen molar-refractivity contribution >= 4 is 17.5 Å². The van der Waals surface area contributed by atoms with E-state index < -0.39 is 0 Å². The van der Waals surface area contributed by atoms with E-state index in [2.05, 4.69) is 15.4 Å². The van der Waals surface area contributed by atoms with Crippen LogP contribution in [0.4, 0.5) is 0 Å². The Balaban J connectivity index is 1.38. The molecule has 0 bridgehead atoms. The minimum absolute atomic E-state index is 0.0399. The SMILES string of the molecule is Cc1noc(C)c1COc1ccc(CC(=O)N(Cc2nnc(-c3ccccc3Cl)o2)C(C)C)cc1. The molecule has 0 aliphatic heterocycles. The van der Waals surface area contributed by atoms with Crippen molar-refractivity contribution in [2.75, 3.05) is 0 Å². The molecule has 0 aliphatic carbocycles. The van der Waals surface area contributed by atoms with Gasteiger partial charge in [0.2, 0.25) is 17.7 Å². The van der Waals surface area contributed by atoms with E-state index >= 15 is 0 Å². The van der Waals surface area contributed by atoms with Gasteiger partial charge < -0.3 is 18.6 Å². The molecule has 0 saturated carbocycles. The van der Waals surface area contributed by atoms with Crippen molar-refractivity contribution in [1.82, 2.24) is 20.3 Å². The standard InChI is InChI=1S/C26H27ClN4O4/c1-16(2)31(14-24-28-29-26(34-24)21-7-5-6-8-23(21)27)25(32)13-19-9-11-20(12-10-19)33-15-22-17(3)30-35-18(22)4/h5-12,16H,13-15H2,1-4H3. The highest BCUT2D eigenvalue weighted by atomic mass is 35.5. The van der Waals surface area contributed by atoms with E-state index in [-0.39, 0.29) is 24.9 Å². The first-order valence-corrected chi connectivity index (χ1v) is 11.7. The first kappa shape index (κ1) is 24.5. The summed E-state index contributed by atoms with van der Waals surface area (Å²) < 4.78 is 16.8. The molecule has 35 heavy (non-hydrogen) atoms. The third kappa shape index (κ3) is 5.89. The summed E-state index contributed by atoms with van der Waals surface area (Å²) in [4.78, 5) is 14.8. The Bertz CT molecular complexity index is 1280. The molecular weight excluding hydrogens is 468 g/mol. The number of aromatic nitrogens is 3. The molecule has 0 radical (unpaired) electrons. The Kier molecular flexibility index (Phi) is 7.51. The molecule has 2 aromatic carbocycles. The van der Waals surface area contributed by atoms with Crippen LogP contribution < -0.4 is 4.74 Å². The van der Waals surface area contributed by atoms with Crippen LogP contribution in [-0.4, -0.2) is 32.2 Å². The van der Waals surface area contributed by atoms with Crippen LogP contribution in [0.1, 0.15) is 42.3 Å². The molecule has 9 heteroatoms. The van der Waals surface area contributed by atoms with Crippen molar-refractivity contribution in [2.24, 2.45) is 0 Å². The van der Waals surface area contributed by atoms with Gasteiger partial charge in [0.25, 0.3) is 0 Å². The van der Waals surface area contributed by atoms with Crippen molar-refractivity contribution in [3.05, 3.63) is 82.0 Å². The lowest BCUT2D eigenvalue weighted by atomic mass is 10.1. The summed E-state index contributed by atoms with van der Waals surface area (Å²) >= 11 is 6.23. The minimum atomic E-state index is -0.0455. The number of rotatable bonds is 9. The molecule has 8 nitrogen and oxygen atoms in total. The quantitative estimate of drug-likeness (QED) is 0.301. The summed E-state index contributed by atoms with van der Waals surface area (Å²) in [5.41, 5.74) is 3.30. The van der Waals surface area contributed by atoms with Crippen LogP contribution in [0.2, 0.25) is 5.02 Å². The number of aryl methyl sites for hydroxylation is 2. The Morgan fingerprint density at radius 2 is 1.83 bits per heavy atom. The smallest absolute Gasteiger partial charge is 0.249 e. The normalized spacial score (nSPS) is 11.1. The van der Waals surface area contributed by atoms with Crippen molar-refractivity contribution in [3.8, 4) is 17.2 Å². The summed E-state index contributed by atoms with van der Waals surface area (Å²) in [5.74, 6) is 2.10. The maximum absolute atomic E-state index is 13.1. The topological polar surface area (TPSA) is 94.5 Å². The summed E-state index contributed by atoms with van der Waals surface area (Å²) in [6, 6.07) is 14.7. The predicted molar refractivity (Wildman–Crippen MR) is 131 cm³/mol. The first-order valence-electron chi connectivity index (χ1n) is 11.3. The van der Waals surface area contributed by atoms with Gasteiger partial charge in [0.1, 0.15) is 18.1 Å². The highest BCUT2D eigenvalue weighted by Gasteiger charge is 2.21. The van der Waals surface area contributed by atoms with E-state index in [0.29, 0.717) is 34.7 Å². The molecule has 0 N–H and O–H groups in total. The highest BCUT2D eigenvalue weighted by molar-refractivity contribution is 6.33. The Morgan fingerprint density at radius 1 is 1.09 bits per heavy atom. The first-order chi connectivity index (χ1) is 16.8. The number of nitrogens with zero attached hydrogens (tertiary/aromatic N) is 4. The fourth-order valence-electron chi connectivity index (χ4n) is 3.61. The van der Waals surface area contributed by atoms with Crippen LogP contribution in [-0.2, 0) is 24.4 Å². The van der Waals surface area contributed by atoms with Gasteiger partial charge in [0.05, 0.1) is 34.8 Å². The van der Waals surface area contributed by atoms with Gasteiger partial charge in [0, 0.05) is 6.04 Å². The number of carbonyl (C=O) groups is 1. The Morgan fingerprint density at radius 3 is 2.49 bits per heavy atom. The van der Waals surface area contributed by atoms with Crippen LogP contribution in [0.15, 0.2) is 57.5 Å².